The fraction of sp³-hybridized carbons (Fsp3) is 0.238. The Balaban J connectivity index is 2.12. The Labute approximate surface area is 189 Å². The van der Waals surface area contributed by atoms with E-state index in [1.54, 1.807) is 24.3 Å². The van der Waals surface area contributed by atoms with Gasteiger partial charge in [-0.05, 0) is 55.5 Å². The van der Waals surface area contributed by atoms with Crippen LogP contribution >= 0.6 is 0 Å². The molecule has 2 atom stereocenters. The quantitative estimate of drug-likeness (QED) is 0.227. The van der Waals surface area contributed by atoms with Crippen LogP contribution in [0.25, 0.3) is 0 Å². The van der Waals surface area contributed by atoms with Gasteiger partial charge in [-0.1, -0.05) is 11.8 Å². The summed E-state index contributed by atoms with van der Waals surface area (Å²) in [6.45, 7) is 0.875. The Morgan fingerprint density at radius 3 is 1.94 bits per heavy atom. The third-order valence-electron chi connectivity index (χ3n) is 4.43. The molecule has 2 aromatic rings. The van der Waals surface area contributed by atoms with Gasteiger partial charge in [0.15, 0.2) is 0 Å². The van der Waals surface area contributed by atoms with Crippen molar-refractivity contribution in [1.82, 2.24) is 10.8 Å². The largest absolute Gasteiger partial charge is 0.338 e. The van der Waals surface area contributed by atoms with Crippen molar-refractivity contribution in [1.29, 1.82) is 0 Å². The number of benzene rings is 2. The summed E-state index contributed by atoms with van der Waals surface area (Å²) in [6, 6.07) is 10.3. The SMILES string of the molecule is CC(N)(C(F)F)[C@H](NC(=O)c1ccc(C#Cc2ccc(NS(C)(=O)=O)cc2)cc1)C(=O)NO. The zero-order chi connectivity index (χ0) is 24.8. The van der Waals surface area contributed by atoms with Crippen LogP contribution in [0.1, 0.15) is 28.4 Å². The van der Waals surface area contributed by atoms with Crippen molar-refractivity contribution < 1.29 is 32.0 Å². The number of hydrogen-bond donors (Lipinski definition) is 5. The summed E-state index contributed by atoms with van der Waals surface area (Å²) in [5.74, 6) is 3.61. The lowest BCUT2D eigenvalue weighted by atomic mass is 9.92. The number of anilines is 1. The van der Waals surface area contributed by atoms with Crippen molar-refractivity contribution in [3.63, 3.8) is 0 Å². The standard InChI is InChI=1S/C21H22F2N4O5S/c1-21(24,20(22)23)17(19(29)26-30)25-18(28)15-9-5-13(6-10-15)3-4-14-7-11-16(12-8-14)27-33(2,31)32/h5-12,17,20,27,30H,24H2,1-2H3,(H,25,28)(H,26,29)/t17-,21?/m1/s1. The molecule has 0 aromatic heterocycles. The summed E-state index contributed by atoms with van der Waals surface area (Å²) in [5, 5.41) is 10.9. The van der Waals surface area contributed by atoms with E-state index in [4.69, 9.17) is 10.9 Å². The van der Waals surface area contributed by atoms with Crippen molar-refractivity contribution in [3.8, 4) is 11.8 Å². The highest BCUT2D eigenvalue weighted by Gasteiger charge is 2.44. The smallest absolute Gasteiger partial charge is 0.268 e. The van der Waals surface area contributed by atoms with Crippen molar-refractivity contribution in [3.05, 3.63) is 65.2 Å². The first-order valence-electron chi connectivity index (χ1n) is 9.35. The van der Waals surface area contributed by atoms with Gasteiger partial charge in [-0.25, -0.2) is 22.7 Å². The first-order chi connectivity index (χ1) is 15.3. The lowest BCUT2D eigenvalue weighted by molar-refractivity contribution is -0.134. The van der Waals surface area contributed by atoms with Crippen LogP contribution in [0.2, 0.25) is 0 Å². The molecule has 2 aromatic carbocycles. The van der Waals surface area contributed by atoms with Crippen LogP contribution in [-0.4, -0.2) is 49.7 Å². The van der Waals surface area contributed by atoms with Gasteiger partial charge in [-0.15, -0.1) is 0 Å². The van der Waals surface area contributed by atoms with Gasteiger partial charge in [-0.2, -0.15) is 0 Å². The van der Waals surface area contributed by atoms with Crippen molar-refractivity contribution in [2.45, 2.75) is 24.9 Å². The van der Waals surface area contributed by atoms with Gasteiger partial charge in [0, 0.05) is 22.4 Å². The molecule has 0 fully saturated rings. The monoisotopic (exact) mass is 480 g/mol. The van der Waals surface area contributed by atoms with Gasteiger partial charge in [0.1, 0.15) is 11.6 Å². The third kappa shape index (κ3) is 7.25. The van der Waals surface area contributed by atoms with Gasteiger partial charge in [0.05, 0.1) is 6.26 Å². The fourth-order valence-corrected chi connectivity index (χ4v) is 3.16. The Morgan fingerprint density at radius 1 is 1.03 bits per heavy atom. The van der Waals surface area contributed by atoms with Crippen LogP contribution in [-0.2, 0) is 14.8 Å². The molecule has 176 valence electrons. The maximum absolute atomic E-state index is 13.2. The zero-order valence-corrected chi connectivity index (χ0v) is 18.4. The minimum atomic E-state index is -3.38. The molecule has 9 nitrogen and oxygen atoms in total. The van der Waals surface area contributed by atoms with Crippen LogP contribution in [0, 0.1) is 11.8 Å². The second-order valence-electron chi connectivity index (χ2n) is 7.33. The van der Waals surface area contributed by atoms with E-state index in [1.807, 2.05) is 0 Å². The van der Waals surface area contributed by atoms with Crippen LogP contribution < -0.4 is 21.3 Å². The lowest BCUT2D eigenvalue weighted by Gasteiger charge is -2.32. The number of nitrogens with one attached hydrogen (secondary N) is 3. The fourth-order valence-electron chi connectivity index (χ4n) is 2.59. The van der Waals surface area contributed by atoms with E-state index in [2.05, 4.69) is 21.9 Å². The maximum Gasteiger partial charge on any atom is 0.268 e. The average molecular weight is 480 g/mol. The van der Waals surface area contributed by atoms with Gasteiger partial charge < -0.3 is 11.1 Å². The molecule has 2 rings (SSSR count). The van der Waals surface area contributed by atoms with Crippen molar-refractivity contribution >= 4 is 27.5 Å². The van der Waals surface area contributed by atoms with Crippen LogP contribution in [0.5, 0.6) is 0 Å². The molecule has 0 saturated carbocycles. The van der Waals surface area contributed by atoms with E-state index in [-0.39, 0.29) is 5.56 Å². The van der Waals surface area contributed by atoms with Crippen LogP contribution in [0.15, 0.2) is 48.5 Å². The van der Waals surface area contributed by atoms with Crippen LogP contribution in [0.4, 0.5) is 14.5 Å². The number of nitrogens with two attached hydrogens (primary N) is 1. The van der Waals surface area contributed by atoms with E-state index in [0.29, 0.717) is 16.8 Å². The van der Waals surface area contributed by atoms with E-state index >= 15 is 0 Å². The molecule has 0 heterocycles. The molecule has 2 amide bonds. The Hall–Kier alpha value is -3.53. The number of alkyl halides is 2. The van der Waals surface area contributed by atoms with E-state index < -0.39 is 39.8 Å². The van der Waals surface area contributed by atoms with Crippen molar-refractivity contribution in [2.75, 3.05) is 11.0 Å². The lowest BCUT2D eigenvalue weighted by Crippen LogP contribution is -2.66. The van der Waals surface area contributed by atoms with Gasteiger partial charge in [-0.3, -0.25) is 19.5 Å². The molecule has 0 saturated heterocycles. The molecular weight excluding hydrogens is 458 g/mol. The predicted octanol–water partition coefficient (Wildman–Crippen LogP) is 1.04. The summed E-state index contributed by atoms with van der Waals surface area (Å²) in [5.41, 5.74) is 5.86. The second-order valence-corrected chi connectivity index (χ2v) is 9.08. The Kier molecular flexibility index (Phi) is 8.10. The van der Waals surface area contributed by atoms with Gasteiger partial charge in [0.2, 0.25) is 10.0 Å². The number of hydrogen-bond acceptors (Lipinski definition) is 6. The highest BCUT2D eigenvalue weighted by atomic mass is 32.2. The number of hydroxylamine groups is 1. The topological polar surface area (TPSA) is 151 Å². The summed E-state index contributed by atoms with van der Waals surface area (Å²) in [4.78, 5) is 24.2. The van der Waals surface area contributed by atoms with Gasteiger partial charge >= 0.3 is 0 Å². The zero-order valence-electron chi connectivity index (χ0n) is 17.6. The van der Waals surface area contributed by atoms with E-state index in [1.165, 1.54) is 29.7 Å². The first kappa shape index (κ1) is 25.7. The summed E-state index contributed by atoms with van der Waals surface area (Å²) in [7, 11) is -3.38. The molecule has 0 spiro atoms. The highest BCUT2D eigenvalue weighted by molar-refractivity contribution is 7.92. The first-order valence-corrected chi connectivity index (χ1v) is 11.2. The summed E-state index contributed by atoms with van der Waals surface area (Å²) < 4.78 is 51.2. The number of amides is 2. The maximum atomic E-state index is 13.2. The number of carbonyl (C=O) groups excluding carboxylic acids is 2. The summed E-state index contributed by atoms with van der Waals surface area (Å²) >= 11 is 0. The minimum Gasteiger partial charge on any atom is -0.338 e. The highest BCUT2D eigenvalue weighted by Crippen LogP contribution is 2.18. The number of halogens is 2. The number of carbonyl (C=O) groups is 2. The molecule has 12 heteroatoms. The normalized spacial score (nSPS) is 13.8. The second kappa shape index (κ2) is 10.4. The summed E-state index contributed by atoms with van der Waals surface area (Å²) in [6.07, 6.45) is -2.12. The average Bonchev–Trinajstić information content (AvgIpc) is 2.75. The molecular formula is C21H22F2N4O5S. The van der Waals surface area contributed by atoms with Crippen LogP contribution in [0.3, 0.4) is 0 Å². The molecule has 0 aliphatic heterocycles. The minimum absolute atomic E-state index is 0.0533. The number of rotatable bonds is 7. The van der Waals surface area contributed by atoms with E-state index in [9.17, 15) is 26.8 Å². The molecule has 33 heavy (non-hydrogen) atoms. The Morgan fingerprint density at radius 2 is 1.52 bits per heavy atom. The predicted molar refractivity (Wildman–Crippen MR) is 117 cm³/mol. The molecule has 0 aliphatic carbocycles. The Bertz CT molecular complexity index is 1170. The number of sulfonamides is 1. The molecule has 0 bridgehead atoms. The van der Waals surface area contributed by atoms with Crippen molar-refractivity contribution in [2.24, 2.45) is 5.73 Å². The molecule has 1 unspecified atom stereocenters. The molecule has 0 radical (unpaired) electrons. The van der Waals surface area contributed by atoms with E-state index in [0.717, 1.165) is 13.2 Å². The third-order valence-corrected chi connectivity index (χ3v) is 5.03. The molecule has 6 N–H and O–H groups in total. The van der Waals surface area contributed by atoms with Gasteiger partial charge in [0.25, 0.3) is 18.2 Å². The molecule has 0 aliphatic rings.